The van der Waals surface area contributed by atoms with Crippen molar-refractivity contribution in [1.82, 2.24) is 15.3 Å². The maximum atomic E-state index is 12.4. The Balaban J connectivity index is 1.64. The second-order valence-corrected chi connectivity index (χ2v) is 5.14. The minimum absolute atomic E-state index is 0.0770. The van der Waals surface area contributed by atoms with Gasteiger partial charge in [-0.1, -0.05) is 6.07 Å². The number of hydrogen-bond acceptors (Lipinski definition) is 4. The number of carbonyl (C=O) groups excluding carboxylic acids is 1. The van der Waals surface area contributed by atoms with Crippen LogP contribution in [0.5, 0.6) is 0 Å². The van der Waals surface area contributed by atoms with E-state index in [-0.39, 0.29) is 11.9 Å². The predicted octanol–water partition coefficient (Wildman–Crippen LogP) is 1.76. The number of nitrogens with one attached hydrogen (secondary N) is 1. The summed E-state index contributed by atoms with van der Waals surface area (Å²) in [5.41, 5.74) is 2.07. The van der Waals surface area contributed by atoms with Crippen LogP contribution in [-0.2, 0) is 11.3 Å². The first-order valence-electron chi connectivity index (χ1n) is 7.18. The van der Waals surface area contributed by atoms with Gasteiger partial charge in [-0.2, -0.15) is 0 Å². The van der Waals surface area contributed by atoms with Crippen LogP contribution in [-0.4, -0.2) is 28.5 Å². The van der Waals surface area contributed by atoms with Gasteiger partial charge in [0.25, 0.3) is 0 Å². The molecule has 0 bridgehead atoms. The minimum atomic E-state index is -0.0935. The molecular formula is C16H18N4O. The second kappa shape index (κ2) is 6.35. The SMILES string of the molecule is O=C(NCc1cccnc1)[C@@H]1CCCN1c1ccncc1. The van der Waals surface area contributed by atoms with E-state index >= 15 is 0 Å². The number of hydrogen-bond donors (Lipinski definition) is 1. The van der Waals surface area contributed by atoms with Crippen LogP contribution < -0.4 is 10.2 Å². The summed E-state index contributed by atoms with van der Waals surface area (Å²) in [6, 6.07) is 7.64. The van der Waals surface area contributed by atoms with Gasteiger partial charge in [0.05, 0.1) is 0 Å². The molecule has 3 rings (SSSR count). The summed E-state index contributed by atoms with van der Waals surface area (Å²) >= 11 is 0. The topological polar surface area (TPSA) is 58.1 Å². The van der Waals surface area contributed by atoms with Crippen molar-refractivity contribution in [3.63, 3.8) is 0 Å². The molecule has 0 radical (unpaired) electrons. The predicted molar refractivity (Wildman–Crippen MR) is 80.7 cm³/mol. The van der Waals surface area contributed by atoms with Gasteiger partial charge in [-0.3, -0.25) is 14.8 Å². The zero-order valence-electron chi connectivity index (χ0n) is 11.8. The highest BCUT2D eigenvalue weighted by Crippen LogP contribution is 2.24. The highest BCUT2D eigenvalue weighted by atomic mass is 16.2. The first-order valence-corrected chi connectivity index (χ1v) is 7.18. The molecule has 1 aliphatic heterocycles. The monoisotopic (exact) mass is 282 g/mol. The lowest BCUT2D eigenvalue weighted by atomic mass is 10.2. The number of anilines is 1. The van der Waals surface area contributed by atoms with Gasteiger partial charge >= 0.3 is 0 Å². The quantitative estimate of drug-likeness (QED) is 0.928. The van der Waals surface area contributed by atoms with Crippen LogP contribution >= 0.6 is 0 Å². The lowest BCUT2D eigenvalue weighted by Crippen LogP contribution is -2.43. The largest absolute Gasteiger partial charge is 0.359 e. The van der Waals surface area contributed by atoms with E-state index in [4.69, 9.17) is 0 Å². The zero-order chi connectivity index (χ0) is 14.5. The Bertz CT molecular complexity index is 588. The molecule has 5 nitrogen and oxygen atoms in total. The lowest BCUT2D eigenvalue weighted by Gasteiger charge is -2.25. The maximum Gasteiger partial charge on any atom is 0.242 e. The number of nitrogens with zero attached hydrogens (tertiary/aromatic N) is 3. The Morgan fingerprint density at radius 2 is 2.10 bits per heavy atom. The maximum absolute atomic E-state index is 12.4. The highest BCUT2D eigenvalue weighted by molar-refractivity contribution is 5.85. The van der Waals surface area contributed by atoms with Crippen molar-refractivity contribution in [2.75, 3.05) is 11.4 Å². The molecule has 1 saturated heterocycles. The molecule has 1 atom stereocenters. The highest BCUT2D eigenvalue weighted by Gasteiger charge is 2.30. The smallest absolute Gasteiger partial charge is 0.242 e. The van der Waals surface area contributed by atoms with Crippen LogP contribution in [0.2, 0.25) is 0 Å². The molecule has 1 fully saturated rings. The molecule has 21 heavy (non-hydrogen) atoms. The van der Waals surface area contributed by atoms with E-state index in [1.807, 2.05) is 24.3 Å². The van der Waals surface area contributed by atoms with E-state index in [1.165, 1.54) is 0 Å². The lowest BCUT2D eigenvalue weighted by molar-refractivity contribution is -0.122. The van der Waals surface area contributed by atoms with Gasteiger partial charge < -0.3 is 10.2 Å². The average molecular weight is 282 g/mol. The van der Waals surface area contributed by atoms with Crippen LogP contribution in [0.15, 0.2) is 49.1 Å². The first kappa shape index (κ1) is 13.5. The van der Waals surface area contributed by atoms with E-state index < -0.39 is 0 Å². The third-order valence-electron chi connectivity index (χ3n) is 3.74. The van der Waals surface area contributed by atoms with Crippen molar-refractivity contribution < 1.29 is 4.79 Å². The Hall–Kier alpha value is -2.43. The Labute approximate surface area is 124 Å². The molecule has 1 amide bonds. The van der Waals surface area contributed by atoms with Gasteiger partial charge in [-0.15, -0.1) is 0 Å². The molecule has 108 valence electrons. The molecule has 2 aromatic heterocycles. The summed E-state index contributed by atoms with van der Waals surface area (Å²) in [7, 11) is 0. The van der Waals surface area contributed by atoms with Crippen LogP contribution in [0.3, 0.4) is 0 Å². The molecule has 2 aromatic rings. The molecule has 5 heteroatoms. The summed E-state index contributed by atoms with van der Waals surface area (Å²) in [4.78, 5) is 22.6. The van der Waals surface area contributed by atoms with Gasteiger partial charge in [0.1, 0.15) is 6.04 Å². The van der Waals surface area contributed by atoms with E-state index in [0.29, 0.717) is 6.54 Å². The van der Waals surface area contributed by atoms with Crippen molar-refractivity contribution in [1.29, 1.82) is 0 Å². The van der Waals surface area contributed by atoms with Crippen LogP contribution in [0.25, 0.3) is 0 Å². The molecule has 3 heterocycles. The fourth-order valence-corrected chi connectivity index (χ4v) is 2.69. The molecule has 0 aromatic carbocycles. The van der Waals surface area contributed by atoms with Crippen molar-refractivity contribution in [3.8, 4) is 0 Å². The van der Waals surface area contributed by atoms with E-state index in [9.17, 15) is 4.79 Å². The average Bonchev–Trinajstić information content (AvgIpc) is 3.04. The van der Waals surface area contributed by atoms with Crippen LogP contribution in [0, 0.1) is 0 Å². The minimum Gasteiger partial charge on any atom is -0.359 e. The van der Waals surface area contributed by atoms with Crippen molar-refractivity contribution in [3.05, 3.63) is 54.6 Å². The van der Waals surface area contributed by atoms with Gasteiger partial charge in [-0.25, -0.2) is 0 Å². The Morgan fingerprint density at radius 3 is 2.86 bits per heavy atom. The molecule has 0 saturated carbocycles. The number of pyridine rings is 2. The summed E-state index contributed by atoms with van der Waals surface area (Å²) in [5.74, 6) is 0.0770. The summed E-state index contributed by atoms with van der Waals surface area (Å²) < 4.78 is 0. The zero-order valence-corrected chi connectivity index (χ0v) is 11.8. The molecular weight excluding hydrogens is 264 g/mol. The Morgan fingerprint density at radius 1 is 1.24 bits per heavy atom. The van der Waals surface area contributed by atoms with Crippen molar-refractivity contribution in [2.24, 2.45) is 0 Å². The summed E-state index contributed by atoms with van der Waals surface area (Å²) in [5, 5.41) is 3.00. The summed E-state index contributed by atoms with van der Waals surface area (Å²) in [6.45, 7) is 1.43. The number of amides is 1. The van der Waals surface area contributed by atoms with Crippen LogP contribution in [0.1, 0.15) is 18.4 Å². The van der Waals surface area contributed by atoms with E-state index in [1.54, 1.807) is 24.8 Å². The van der Waals surface area contributed by atoms with Crippen molar-refractivity contribution >= 4 is 11.6 Å². The van der Waals surface area contributed by atoms with Gasteiger partial charge in [0.2, 0.25) is 5.91 Å². The third-order valence-corrected chi connectivity index (χ3v) is 3.74. The molecule has 1 N–H and O–H groups in total. The van der Waals surface area contributed by atoms with Gasteiger partial charge in [-0.05, 0) is 36.6 Å². The molecule has 1 aliphatic rings. The number of carbonyl (C=O) groups is 1. The molecule has 0 unspecified atom stereocenters. The fraction of sp³-hybridized carbons (Fsp3) is 0.312. The van der Waals surface area contributed by atoms with Gasteiger partial charge in [0, 0.05) is 43.6 Å². The van der Waals surface area contributed by atoms with Gasteiger partial charge in [0.15, 0.2) is 0 Å². The Kier molecular flexibility index (Phi) is 4.09. The van der Waals surface area contributed by atoms with E-state index in [2.05, 4.69) is 20.2 Å². The normalized spacial score (nSPS) is 17.7. The van der Waals surface area contributed by atoms with Crippen LogP contribution in [0.4, 0.5) is 5.69 Å². The molecule has 0 aliphatic carbocycles. The van der Waals surface area contributed by atoms with E-state index in [0.717, 1.165) is 30.6 Å². The number of aromatic nitrogens is 2. The fourth-order valence-electron chi connectivity index (χ4n) is 2.69. The van der Waals surface area contributed by atoms with Crippen molar-refractivity contribution in [2.45, 2.75) is 25.4 Å². The third kappa shape index (κ3) is 3.18. The molecule has 0 spiro atoms. The summed E-state index contributed by atoms with van der Waals surface area (Å²) in [6.07, 6.45) is 8.95. The second-order valence-electron chi connectivity index (χ2n) is 5.14. The number of rotatable bonds is 4. The first-order chi connectivity index (χ1) is 10.3. The standard InChI is InChI=1S/C16H18N4O/c21-16(19-12-13-3-1-7-18-11-13)15-4-2-10-20(15)14-5-8-17-9-6-14/h1,3,5-9,11,15H,2,4,10,12H2,(H,19,21)/t15-/m0/s1.